The zero-order valence-corrected chi connectivity index (χ0v) is 10.9. The van der Waals surface area contributed by atoms with Gasteiger partial charge in [0, 0.05) is 14.3 Å². The van der Waals surface area contributed by atoms with Crippen LogP contribution in [0.15, 0.2) is 30.3 Å². The van der Waals surface area contributed by atoms with Gasteiger partial charge in [0.2, 0.25) is 0 Å². The van der Waals surface area contributed by atoms with Crippen molar-refractivity contribution in [2.24, 2.45) is 0 Å². The highest BCUT2D eigenvalue weighted by molar-refractivity contribution is 14.1. The van der Waals surface area contributed by atoms with Gasteiger partial charge in [0.1, 0.15) is 0 Å². The number of anilines is 1. The first kappa shape index (κ1) is 11.9. The number of benzene rings is 2. The molecule has 0 aliphatic rings. The number of hydrogen-bond donors (Lipinski definition) is 1. The Labute approximate surface area is 107 Å². The first-order valence-electron chi connectivity index (χ1n) is 3.81. The van der Waals surface area contributed by atoms with E-state index >= 15 is 0 Å². The second-order valence-corrected chi connectivity index (χ2v) is 4.46. The molecule has 4 heteroatoms. The van der Waals surface area contributed by atoms with Crippen LogP contribution in [0.2, 0.25) is 5.02 Å². The van der Waals surface area contributed by atoms with Crippen LogP contribution in [0.1, 0.15) is 0 Å². The summed E-state index contributed by atoms with van der Waals surface area (Å²) in [6.07, 6.45) is 0. The third-order valence-electron chi connectivity index (χ3n) is 1.92. The lowest BCUT2D eigenvalue weighted by atomic mass is 10.1. The topological polar surface area (TPSA) is 26.0 Å². The van der Waals surface area contributed by atoms with Crippen molar-refractivity contribution in [3.05, 3.63) is 38.9 Å². The van der Waals surface area contributed by atoms with Gasteiger partial charge < -0.3 is 5.73 Å². The molecular formula is C10H8Cl2IN. The van der Waals surface area contributed by atoms with Gasteiger partial charge in [0.25, 0.3) is 0 Å². The Balaban J connectivity index is 0.000000980. The van der Waals surface area contributed by atoms with Gasteiger partial charge in [-0.1, -0.05) is 17.7 Å². The summed E-state index contributed by atoms with van der Waals surface area (Å²) in [4.78, 5) is 0. The molecule has 0 aromatic heterocycles. The highest BCUT2D eigenvalue weighted by Gasteiger charge is 1.99. The predicted octanol–water partition coefficient (Wildman–Crippen LogP) is 4.10. The Morgan fingerprint density at radius 3 is 2.50 bits per heavy atom. The molecule has 0 heterocycles. The molecule has 0 saturated carbocycles. The molecule has 0 amide bonds. The van der Waals surface area contributed by atoms with E-state index in [4.69, 9.17) is 17.3 Å². The first-order chi connectivity index (χ1) is 6.16. The number of hydrogen-bond acceptors (Lipinski definition) is 1. The van der Waals surface area contributed by atoms with Gasteiger partial charge in [-0.2, -0.15) is 0 Å². The molecule has 0 atom stereocenters. The fourth-order valence-corrected chi connectivity index (χ4v) is 1.93. The van der Waals surface area contributed by atoms with Crippen molar-refractivity contribution < 1.29 is 0 Å². The maximum atomic E-state index is 5.87. The Kier molecular flexibility index (Phi) is 3.86. The molecule has 0 fully saturated rings. The molecule has 0 bridgehead atoms. The minimum atomic E-state index is 0. The van der Waals surface area contributed by atoms with Crippen LogP contribution in [-0.4, -0.2) is 0 Å². The number of nitrogen functional groups attached to an aromatic ring is 1. The zero-order chi connectivity index (χ0) is 9.42. The summed E-state index contributed by atoms with van der Waals surface area (Å²) in [5.41, 5.74) is 6.59. The lowest BCUT2D eigenvalue weighted by Gasteiger charge is -2.02. The Morgan fingerprint density at radius 2 is 1.79 bits per heavy atom. The smallest absolute Gasteiger partial charge is 0.0456 e. The van der Waals surface area contributed by atoms with Crippen molar-refractivity contribution in [1.82, 2.24) is 0 Å². The lowest BCUT2D eigenvalue weighted by Crippen LogP contribution is -1.88. The van der Waals surface area contributed by atoms with Crippen molar-refractivity contribution in [2.75, 3.05) is 5.73 Å². The molecule has 0 aliphatic heterocycles. The maximum absolute atomic E-state index is 5.87. The van der Waals surface area contributed by atoms with Crippen LogP contribution in [0.25, 0.3) is 10.8 Å². The minimum absolute atomic E-state index is 0. The summed E-state index contributed by atoms with van der Waals surface area (Å²) in [7, 11) is 0. The standard InChI is InChI=1S/C10H7ClIN.ClH/c11-8-2-1-6-4-9(12)10(13)5-7(6)3-8;/h1-5H,13H2;1H. The van der Waals surface area contributed by atoms with E-state index < -0.39 is 0 Å². The molecule has 2 rings (SSSR count). The quantitative estimate of drug-likeness (QED) is 0.567. The third kappa shape index (κ3) is 2.24. The van der Waals surface area contributed by atoms with Gasteiger partial charge in [0.05, 0.1) is 0 Å². The summed E-state index contributed by atoms with van der Waals surface area (Å²) in [5.74, 6) is 0. The number of rotatable bonds is 0. The molecule has 0 aliphatic carbocycles. The summed E-state index contributed by atoms with van der Waals surface area (Å²) >= 11 is 8.09. The van der Waals surface area contributed by atoms with Crippen molar-refractivity contribution >= 4 is 63.1 Å². The fourth-order valence-electron chi connectivity index (χ4n) is 1.26. The van der Waals surface area contributed by atoms with Crippen LogP contribution < -0.4 is 5.73 Å². The monoisotopic (exact) mass is 339 g/mol. The van der Waals surface area contributed by atoms with Crippen LogP contribution in [-0.2, 0) is 0 Å². The molecule has 14 heavy (non-hydrogen) atoms. The van der Waals surface area contributed by atoms with E-state index in [-0.39, 0.29) is 12.4 Å². The summed E-state index contributed by atoms with van der Waals surface area (Å²) in [6.45, 7) is 0. The van der Waals surface area contributed by atoms with E-state index in [2.05, 4.69) is 28.7 Å². The molecule has 0 spiro atoms. The van der Waals surface area contributed by atoms with Crippen molar-refractivity contribution in [3.63, 3.8) is 0 Å². The number of fused-ring (bicyclic) bond motifs is 1. The average Bonchev–Trinajstić information content (AvgIpc) is 2.08. The Bertz CT molecular complexity index is 471. The molecule has 0 radical (unpaired) electrons. The predicted molar refractivity (Wildman–Crippen MR) is 73.3 cm³/mol. The minimum Gasteiger partial charge on any atom is -0.398 e. The van der Waals surface area contributed by atoms with Crippen LogP contribution >= 0.6 is 46.6 Å². The molecule has 1 nitrogen and oxygen atoms in total. The Morgan fingerprint density at radius 1 is 1.07 bits per heavy atom. The van der Waals surface area contributed by atoms with Gasteiger partial charge in [0.15, 0.2) is 0 Å². The second-order valence-electron chi connectivity index (χ2n) is 2.87. The van der Waals surface area contributed by atoms with Crippen molar-refractivity contribution in [3.8, 4) is 0 Å². The molecule has 2 N–H and O–H groups in total. The fraction of sp³-hybridized carbons (Fsp3) is 0. The number of halogens is 3. The van der Waals surface area contributed by atoms with Gasteiger partial charge >= 0.3 is 0 Å². The third-order valence-corrected chi connectivity index (χ3v) is 3.09. The maximum Gasteiger partial charge on any atom is 0.0456 e. The Hall–Kier alpha value is -0.190. The summed E-state index contributed by atoms with van der Waals surface area (Å²) in [6, 6.07) is 9.81. The molecular weight excluding hydrogens is 332 g/mol. The summed E-state index contributed by atoms with van der Waals surface area (Å²) < 4.78 is 1.08. The SMILES string of the molecule is Cl.Nc1cc2cc(Cl)ccc2cc1I. The first-order valence-corrected chi connectivity index (χ1v) is 5.27. The molecule has 2 aromatic carbocycles. The number of nitrogens with two attached hydrogens (primary N) is 1. The second kappa shape index (κ2) is 4.55. The van der Waals surface area contributed by atoms with E-state index in [0.29, 0.717) is 0 Å². The van der Waals surface area contributed by atoms with Crippen LogP contribution in [0, 0.1) is 3.57 Å². The van der Waals surface area contributed by atoms with E-state index in [0.717, 1.165) is 19.7 Å². The normalized spacial score (nSPS) is 9.86. The van der Waals surface area contributed by atoms with E-state index in [9.17, 15) is 0 Å². The molecule has 2 aromatic rings. The highest BCUT2D eigenvalue weighted by Crippen LogP contribution is 2.25. The van der Waals surface area contributed by atoms with Crippen LogP contribution in [0.3, 0.4) is 0 Å². The van der Waals surface area contributed by atoms with E-state index in [1.54, 1.807) is 0 Å². The van der Waals surface area contributed by atoms with Crippen LogP contribution in [0.5, 0.6) is 0 Å². The van der Waals surface area contributed by atoms with Crippen molar-refractivity contribution in [2.45, 2.75) is 0 Å². The lowest BCUT2D eigenvalue weighted by molar-refractivity contribution is 1.67. The van der Waals surface area contributed by atoms with Crippen LogP contribution in [0.4, 0.5) is 5.69 Å². The molecule has 0 unspecified atom stereocenters. The molecule has 0 saturated heterocycles. The van der Waals surface area contributed by atoms with Crippen molar-refractivity contribution in [1.29, 1.82) is 0 Å². The van der Waals surface area contributed by atoms with Gasteiger partial charge in [-0.25, -0.2) is 0 Å². The average molecular weight is 340 g/mol. The van der Waals surface area contributed by atoms with E-state index in [1.807, 2.05) is 24.3 Å². The zero-order valence-electron chi connectivity index (χ0n) is 7.13. The molecule has 74 valence electrons. The van der Waals surface area contributed by atoms with E-state index in [1.165, 1.54) is 5.39 Å². The highest BCUT2D eigenvalue weighted by atomic mass is 127. The van der Waals surface area contributed by atoms with Gasteiger partial charge in [-0.15, -0.1) is 12.4 Å². The summed E-state index contributed by atoms with van der Waals surface area (Å²) in [5, 5.41) is 3.00. The largest absolute Gasteiger partial charge is 0.398 e. The van der Waals surface area contributed by atoms with Gasteiger partial charge in [-0.3, -0.25) is 0 Å². The van der Waals surface area contributed by atoms with Gasteiger partial charge in [-0.05, 0) is 57.6 Å².